The summed E-state index contributed by atoms with van der Waals surface area (Å²) in [6, 6.07) is 4.04. The molecule has 1 aromatic carbocycles. The van der Waals surface area contributed by atoms with Gasteiger partial charge in [0.25, 0.3) is 0 Å². The molecule has 0 saturated heterocycles. The molecule has 0 bridgehead atoms. The third-order valence-electron chi connectivity index (χ3n) is 5.02. The van der Waals surface area contributed by atoms with E-state index in [2.05, 4.69) is 25.9 Å². The van der Waals surface area contributed by atoms with Crippen molar-refractivity contribution >= 4 is 29.6 Å². The van der Waals surface area contributed by atoms with Crippen LogP contribution >= 0.6 is 0 Å². The monoisotopic (exact) mass is 487 g/mol. The molecule has 2 rings (SSSR count). The summed E-state index contributed by atoms with van der Waals surface area (Å²) in [5.74, 6) is -4.23. The Kier molecular flexibility index (Phi) is 9.90. The molecule has 13 nitrogen and oxygen atoms in total. The van der Waals surface area contributed by atoms with E-state index in [1.807, 2.05) is 0 Å². The van der Waals surface area contributed by atoms with Gasteiger partial charge in [-0.2, -0.15) is 0 Å². The van der Waals surface area contributed by atoms with E-state index in [4.69, 9.17) is 11.5 Å². The van der Waals surface area contributed by atoms with Gasteiger partial charge in [0, 0.05) is 24.7 Å². The topological polar surface area (TPSA) is 222 Å². The number of hydrogen-bond acceptors (Lipinski definition) is 7. The molecule has 188 valence electrons. The lowest BCUT2D eigenvalue weighted by atomic mass is 10.0. The molecule has 1 aromatic heterocycles. The number of carboxylic acid groups (broad SMARTS) is 1. The number of carbonyl (C=O) groups is 5. The Bertz CT molecular complexity index is 1030. The summed E-state index contributed by atoms with van der Waals surface area (Å²) >= 11 is 0. The van der Waals surface area contributed by atoms with Gasteiger partial charge in [-0.15, -0.1) is 0 Å². The number of nitrogens with two attached hydrogens (primary N) is 2. The highest BCUT2D eigenvalue weighted by Gasteiger charge is 2.29. The summed E-state index contributed by atoms with van der Waals surface area (Å²) in [5, 5.41) is 16.8. The van der Waals surface area contributed by atoms with Crippen molar-refractivity contribution < 1.29 is 29.1 Å². The summed E-state index contributed by atoms with van der Waals surface area (Å²) in [6.45, 7) is 1.38. The van der Waals surface area contributed by atoms with E-state index < -0.39 is 60.2 Å². The van der Waals surface area contributed by atoms with E-state index in [1.54, 1.807) is 30.3 Å². The lowest BCUT2D eigenvalue weighted by Gasteiger charge is -2.23. The zero-order chi connectivity index (χ0) is 26.0. The van der Waals surface area contributed by atoms with E-state index in [0.717, 1.165) is 5.56 Å². The van der Waals surface area contributed by atoms with E-state index in [0.29, 0.717) is 5.69 Å². The lowest BCUT2D eigenvalue weighted by Crippen LogP contribution is -2.57. The summed E-state index contributed by atoms with van der Waals surface area (Å²) in [5.41, 5.74) is 12.0. The van der Waals surface area contributed by atoms with Crippen molar-refractivity contribution in [3.63, 3.8) is 0 Å². The number of amides is 4. The Morgan fingerprint density at radius 2 is 1.63 bits per heavy atom. The van der Waals surface area contributed by atoms with Crippen molar-refractivity contribution in [2.24, 2.45) is 11.5 Å². The number of aromatic nitrogens is 2. The molecule has 4 unspecified atom stereocenters. The third kappa shape index (κ3) is 8.89. The molecule has 0 fully saturated rings. The van der Waals surface area contributed by atoms with Crippen LogP contribution in [0.15, 0.2) is 42.9 Å². The Balaban J connectivity index is 2.06. The minimum absolute atomic E-state index is 0.0355. The van der Waals surface area contributed by atoms with Crippen molar-refractivity contribution in [3.05, 3.63) is 54.1 Å². The number of benzene rings is 1. The van der Waals surface area contributed by atoms with Gasteiger partial charge in [0.05, 0.1) is 18.8 Å². The molecular weight excluding hydrogens is 458 g/mol. The van der Waals surface area contributed by atoms with Gasteiger partial charge >= 0.3 is 5.97 Å². The number of H-pyrrole nitrogens is 1. The van der Waals surface area contributed by atoms with E-state index in [-0.39, 0.29) is 12.8 Å². The summed E-state index contributed by atoms with van der Waals surface area (Å²) in [6.07, 6.45) is 2.46. The first kappa shape index (κ1) is 27.0. The zero-order valence-electron chi connectivity index (χ0n) is 19.1. The fraction of sp³-hybridized carbons (Fsp3) is 0.364. The highest BCUT2D eigenvalue weighted by Crippen LogP contribution is 2.05. The molecule has 1 heterocycles. The zero-order valence-corrected chi connectivity index (χ0v) is 19.1. The molecule has 4 atom stereocenters. The van der Waals surface area contributed by atoms with Crippen LogP contribution in [-0.4, -0.2) is 68.8 Å². The number of imidazole rings is 1. The van der Waals surface area contributed by atoms with Crippen LogP contribution in [0.2, 0.25) is 0 Å². The van der Waals surface area contributed by atoms with Gasteiger partial charge in [-0.05, 0) is 12.5 Å². The normalized spacial score (nSPS) is 14.1. The summed E-state index contributed by atoms with van der Waals surface area (Å²) in [7, 11) is 0. The molecule has 0 saturated carbocycles. The Hall–Kier alpha value is -4.26. The quantitative estimate of drug-likeness (QED) is 0.166. The minimum atomic E-state index is -1.26. The molecule has 2 aromatic rings. The van der Waals surface area contributed by atoms with Crippen molar-refractivity contribution in [1.29, 1.82) is 0 Å². The number of aliphatic carboxylic acids is 1. The number of nitrogens with zero attached hydrogens (tertiary/aromatic N) is 1. The second-order valence-electron chi connectivity index (χ2n) is 7.94. The fourth-order valence-corrected chi connectivity index (χ4v) is 3.14. The van der Waals surface area contributed by atoms with Crippen LogP contribution in [0.25, 0.3) is 0 Å². The minimum Gasteiger partial charge on any atom is -0.480 e. The molecule has 0 aliphatic carbocycles. The first-order valence-corrected chi connectivity index (χ1v) is 10.8. The van der Waals surface area contributed by atoms with Crippen LogP contribution in [0.5, 0.6) is 0 Å². The SMILES string of the molecule is CC(NC(=O)C(Cc1ccccc1)NC(=O)C(N)CC(N)=O)C(=O)NC(Cc1cnc[nH]1)C(=O)O. The van der Waals surface area contributed by atoms with Crippen molar-refractivity contribution in [2.45, 2.75) is 50.4 Å². The molecule has 13 heteroatoms. The highest BCUT2D eigenvalue weighted by atomic mass is 16.4. The van der Waals surface area contributed by atoms with Gasteiger partial charge in [-0.3, -0.25) is 19.2 Å². The van der Waals surface area contributed by atoms with Gasteiger partial charge in [-0.25, -0.2) is 9.78 Å². The number of carbonyl (C=O) groups excluding carboxylic acids is 4. The second-order valence-corrected chi connectivity index (χ2v) is 7.94. The molecule has 9 N–H and O–H groups in total. The lowest BCUT2D eigenvalue weighted by molar-refractivity contribution is -0.142. The van der Waals surface area contributed by atoms with Crippen molar-refractivity contribution in [3.8, 4) is 0 Å². The highest BCUT2D eigenvalue weighted by molar-refractivity contribution is 5.95. The van der Waals surface area contributed by atoms with Crippen molar-refractivity contribution in [2.75, 3.05) is 0 Å². The van der Waals surface area contributed by atoms with E-state index in [9.17, 15) is 29.1 Å². The number of aromatic amines is 1. The fourth-order valence-electron chi connectivity index (χ4n) is 3.14. The predicted octanol–water partition coefficient (Wildman–Crippen LogP) is -2.04. The van der Waals surface area contributed by atoms with Gasteiger partial charge in [-0.1, -0.05) is 30.3 Å². The predicted molar refractivity (Wildman–Crippen MR) is 123 cm³/mol. The average molecular weight is 488 g/mol. The standard InChI is InChI=1S/C22H29N7O6/c1-12(19(31)29-17(22(34)35)8-14-10-25-11-26-14)27-21(33)16(7-13-5-3-2-4-6-13)28-20(32)15(23)9-18(24)30/h2-6,10-12,15-17H,7-9,23H2,1H3,(H2,24,30)(H,25,26)(H,27,33)(H,28,32)(H,29,31)(H,34,35). The first-order chi connectivity index (χ1) is 16.6. The Morgan fingerprint density at radius 3 is 2.20 bits per heavy atom. The van der Waals surface area contributed by atoms with Gasteiger partial charge < -0.3 is 37.5 Å². The number of nitrogens with one attached hydrogen (secondary N) is 4. The van der Waals surface area contributed by atoms with E-state index >= 15 is 0 Å². The van der Waals surface area contributed by atoms with Crippen molar-refractivity contribution in [1.82, 2.24) is 25.9 Å². The van der Waals surface area contributed by atoms with Crippen LogP contribution in [0.1, 0.15) is 24.6 Å². The van der Waals surface area contributed by atoms with E-state index in [1.165, 1.54) is 19.4 Å². The van der Waals surface area contributed by atoms with Crippen LogP contribution in [0.3, 0.4) is 0 Å². The van der Waals surface area contributed by atoms with Crippen LogP contribution in [-0.2, 0) is 36.8 Å². The summed E-state index contributed by atoms with van der Waals surface area (Å²) in [4.78, 5) is 67.1. The molecule has 0 aliphatic heterocycles. The number of carboxylic acids is 1. The molecule has 0 aliphatic rings. The van der Waals surface area contributed by atoms with Crippen LogP contribution in [0.4, 0.5) is 0 Å². The first-order valence-electron chi connectivity index (χ1n) is 10.8. The number of rotatable bonds is 13. The van der Waals surface area contributed by atoms with Crippen LogP contribution < -0.4 is 27.4 Å². The average Bonchev–Trinajstić information content (AvgIpc) is 3.31. The van der Waals surface area contributed by atoms with Gasteiger partial charge in [0.2, 0.25) is 23.6 Å². The van der Waals surface area contributed by atoms with Gasteiger partial charge in [0.15, 0.2) is 0 Å². The largest absolute Gasteiger partial charge is 0.480 e. The Morgan fingerprint density at radius 1 is 0.971 bits per heavy atom. The summed E-state index contributed by atoms with van der Waals surface area (Å²) < 4.78 is 0. The molecule has 0 radical (unpaired) electrons. The van der Waals surface area contributed by atoms with Gasteiger partial charge in [0.1, 0.15) is 18.1 Å². The molecule has 35 heavy (non-hydrogen) atoms. The maximum atomic E-state index is 13.0. The van der Waals surface area contributed by atoms with Crippen LogP contribution in [0, 0.1) is 0 Å². The number of primary amides is 1. The maximum absolute atomic E-state index is 13.0. The smallest absolute Gasteiger partial charge is 0.326 e. The maximum Gasteiger partial charge on any atom is 0.326 e. The second kappa shape index (κ2) is 12.8. The number of hydrogen-bond donors (Lipinski definition) is 7. The molecule has 4 amide bonds. The Labute approximate surface area is 201 Å². The molecule has 0 spiro atoms. The third-order valence-corrected chi connectivity index (χ3v) is 5.02. The molecular formula is C22H29N7O6.